The number of anilines is 2. The topological polar surface area (TPSA) is 97.3 Å². The Labute approximate surface area is 188 Å². The first-order valence-corrected chi connectivity index (χ1v) is 10.9. The predicted octanol–water partition coefficient (Wildman–Crippen LogP) is 4.19. The Morgan fingerprint density at radius 3 is 2.56 bits per heavy atom. The Morgan fingerprint density at radius 2 is 1.91 bits per heavy atom. The summed E-state index contributed by atoms with van der Waals surface area (Å²) in [5.74, 6) is -0.0907. The number of nitrogens with one attached hydrogen (secondary N) is 1. The Morgan fingerprint density at radius 1 is 1.16 bits per heavy atom. The van der Waals surface area contributed by atoms with Gasteiger partial charge in [-0.1, -0.05) is 30.8 Å². The Kier molecular flexibility index (Phi) is 6.04. The number of fused-ring (bicyclic) bond motifs is 3. The van der Waals surface area contributed by atoms with Crippen molar-refractivity contribution in [1.82, 2.24) is 15.2 Å². The average Bonchev–Trinajstić information content (AvgIpc) is 2.88. The van der Waals surface area contributed by atoms with Crippen LogP contribution in [-0.4, -0.2) is 32.7 Å². The molecule has 0 fully saturated rings. The highest BCUT2D eigenvalue weighted by Gasteiger charge is 2.35. The maximum Gasteiger partial charge on any atom is 0.247 e. The van der Waals surface area contributed by atoms with Crippen LogP contribution in [0.5, 0.6) is 5.88 Å². The number of amides is 2. The fourth-order valence-corrected chi connectivity index (χ4v) is 3.92. The van der Waals surface area contributed by atoms with Gasteiger partial charge in [0.05, 0.1) is 5.69 Å². The van der Waals surface area contributed by atoms with E-state index in [4.69, 9.17) is 4.74 Å². The molecule has 2 amide bonds. The van der Waals surface area contributed by atoms with Crippen LogP contribution >= 0.6 is 11.8 Å². The van der Waals surface area contributed by atoms with Gasteiger partial charge in [0, 0.05) is 30.7 Å². The van der Waals surface area contributed by atoms with Crippen LogP contribution in [0, 0.1) is 5.82 Å². The molecule has 1 aliphatic rings. The summed E-state index contributed by atoms with van der Waals surface area (Å²) >= 11 is 1.39. The average molecular weight is 453 g/mol. The van der Waals surface area contributed by atoms with E-state index in [0.717, 1.165) is 5.75 Å². The van der Waals surface area contributed by atoms with Crippen molar-refractivity contribution < 1.29 is 18.7 Å². The SMILES string of the molecule is CCSc1nnc2c(n1)OC(c1ccc(NC(C)=O)cc1)N(C(C)=O)c1ccc(F)cc1-2. The van der Waals surface area contributed by atoms with Crippen molar-refractivity contribution in [2.45, 2.75) is 32.2 Å². The highest BCUT2D eigenvalue weighted by molar-refractivity contribution is 7.99. The van der Waals surface area contributed by atoms with Gasteiger partial charge in [0.2, 0.25) is 29.1 Å². The summed E-state index contributed by atoms with van der Waals surface area (Å²) in [5, 5.41) is 11.5. The minimum absolute atomic E-state index is 0.155. The molecule has 0 radical (unpaired) electrons. The van der Waals surface area contributed by atoms with E-state index in [1.165, 1.54) is 48.7 Å². The van der Waals surface area contributed by atoms with Crippen LogP contribution in [0.15, 0.2) is 47.6 Å². The molecular formula is C22H20FN5O3S. The lowest BCUT2D eigenvalue weighted by atomic mass is 10.1. The summed E-state index contributed by atoms with van der Waals surface area (Å²) in [6, 6.07) is 11.0. The smallest absolute Gasteiger partial charge is 0.247 e. The molecule has 10 heteroatoms. The van der Waals surface area contributed by atoms with Gasteiger partial charge >= 0.3 is 0 Å². The molecule has 1 N–H and O–H groups in total. The van der Waals surface area contributed by atoms with Gasteiger partial charge in [-0.2, -0.15) is 4.98 Å². The van der Waals surface area contributed by atoms with Crippen molar-refractivity contribution >= 4 is 35.0 Å². The number of hydrogen-bond acceptors (Lipinski definition) is 7. The second kappa shape index (κ2) is 8.91. The highest BCUT2D eigenvalue weighted by Crippen LogP contribution is 2.43. The van der Waals surface area contributed by atoms with Crippen LogP contribution in [0.4, 0.5) is 15.8 Å². The third-order valence-electron chi connectivity index (χ3n) is 4.70. The van der Waals surface area contributed by atoms with Crippen molar-refractivity contribution in [3.05, 3.63) is 53.8 Å². The standard InChI is InChI=1S/C22H20FN5O3S/c1-4-32-22-25-20-19(26-27-22)17-11-15(23)7-10-18(17)28(13(3)30)21(31-20)14-5-8-16(9-6-14)24-12(2)29/h5-11,21H,4H2,1-3H3,(H,24,29). The molecule has 164 valence electrons. The number of thioether (sulfide) groups is 1. The summed E-state index contributed by atoms with van der Waals surface area (Å²) in [7, 11) is 0. The zero-order valence-corrected chi connectivity index (χ0v) is 18.4. The lowest BCUT2D eigenvalue weighted by Crippen LogP contribution is -2.36. The summed E-state index contributed by atoms with van der Waals surface area (Å²) in [4.78, 5) is 30.0. The normalized spacial score (nSPS) is 14.6. The lowest BCUT2D eigenvalue weighted by Gasteiger charge is -2.30. The van der Waals surface area contributed by atoms with Gasteiger partial charge in [0.1, 0.15) is 5.82 Å². The van der Waals surface area contributed by atoms with E-state index in [1.54, 1.807) is 24.3 Å². The van der Waals surface area contributed by atoms with Crippen molar-refractivity contribution in [2.75, 3.05) is 16.0 Å². The number of aromatic nitrogens is 3. The fraction of sp³-hybridized carbons (Fsp3) is 0.227. The quantitative estimate of drug-likeness (QED) is 0.592. The van der Waals surface area contributed by atoms with Crippen molar-refractivity contribution in [3.63, 3.8) is 0 Å². The summed E-state index contributed by atoms with van der Waals surface area (Å²) < 4.78 is 20.4. The van der Waals surface area contributed by atoms with Gasteiger partial charge in [-0.3, -0.25) is 14.5 Å². The number of carbonyl (C=O) groups excluding carboxylic acids is 2. The van der Waals surface area contributed by atoms with E-state index in [-0.39, 0.29) is 23.4 Å². The number of halogens is 1. The number of rotatable bonds is 4. The Balaban J connectivity index is 1.88. The molecule has 2 heterocycles. The number of ether oxygens (including phenoxy) is 1. The number of benzene rings is 2. The molecule has 32 heavy (non-hydrogen) atoms. The molecule has 4 rings (SSSR count). The van der Waals surface area contributed by atoms with Crippen LogP contribution < -0.4 is 15.0 Å². The molecule has 2 aromatic carbocycles. The third kappa shape index (κ3) is 4.26. The third-order valence-corrected chi connectivity index (χ3v) is 5.42. The van der Waals surface area contributed by atoms with Crippen LogP contribution in [0.25, 0.3) is 11.3 Å². The van der Waals surface area contributed by atoms with Crippen LogP contribution in [0.2, 0.25) is 0 Å². The maximum atomic E-state index is 14.2. The summed E-state index contributed by atoms with van der Waals surface area (Å²) in [6.45, 7) is 4.79. The molecule has 0 saturated heterocycles. The minimum atomic E-state index is -0.888. The summed E-state index contributed by atoms with van der Waals surface area (Å²) in [5.41, 5.74) is 2.29. The lowest BCUT2D eigenvalue weighted by molar-refractivity contribution is -0.118. The molecule has 3 aromatic rings. The van der Waals surface area contributed by atoms with E-state index in [2.05, 4.69) is 20.5 Å². The zero-order valence-electron chi connectivity index (χ0n) is 17.6. The molecule has 1 aliphatic heterocycles. The van der Waals surface area contributed by atoms with E-state index in [1.807, 2.05) is 6.92 Å². The molecular weight excluding hydrogens is 433 g/mol. The summed E-state index contributed by atoms with van der Waals surface area (Å²) in [6.07, 6.45) is -0.888. The van der Waals surface area contributed by atoms with E-state index < -0.39 is 12.0 Å². The fourth-order valence-electron chi connectivity index (χ4n) is 3.42. The number of nitrogens with zero attached hydrogens (tertiary/aromatic N) is 4. The second-order valence-corrected chi connectivity index (χ2v) is 8.24. The zero-order chi connectivity index (χ0) is 22.8. The van der Waals surface area contributed by atoms with Crippen LogP contribution in [0.1, 0.15) is 32.6 Å². The molecule has 0 spiro atoms. The first-order valence-electron chi connectivity index (χ1n) is 9.88. The maximum absolute atomic E-state index is 14.2. The molecule has 1 unspecified atom stereocenters. The van der Waals surface area contributed by atoms with E-state index in [0.29, 0.717) is 27.7 Å². The van der Waals surface area contributed by atoms with Crippen molar-refractivity contribution in [2.24, 2.45) is 0 Å². The largest absolute Gasteiger partial charge is 0.447 e. The Hall–Kier alpha value is -3.53. The number of carbonyl (C=O) groups is 2. The van der Waals surface area contributed by atoms with E-state index in [9.17, 15) is 14.0 Å². The van der Waals surface area contributed by atoms with Gasteiger partial charge in [-0.05, 0) is 36.1 Å². The van der Waals surface area contributed by atoms with Crippen LogP contribution in [0.3, 0.4) is 0 Å². The van der Waals surface area contributed by atoms with Crippen molar-refractivity contribution in [3.8, 4) is 17.1 Å². The Bertz CT molecular complexity index is 1190. The second-order valence-electron chi connectivity index (χ2n) is 7.01. The van der Waals surface area contributed by atoms with E-state index >= 15 is 0 Å². The van der Waals surface area contributed by atoms with Gasteiger partial charge in [-0.15, -0.1) is 10.2 Å². The van der Waals surface area contributed by atoms with Gasteiger partial charge in [-0.25, -0.2) is 4.39 Å². The van der Waals surface area contributed by atoms with Gasteiger partial charge in [0.15, 0.2) is 5.69 Å². The first-order chi connectivity index (χ1) is 15.4. The van der Waals surface area contributed by atoms with Crippen molar-refractivity contribution in [1.29, 1.82) is 0 Å². The highest BCUT2D eigenvalue weighted by atomic mass is 32.2. The molecule has 1 aromatic heterocycles. The first kappa shape index (κ1) is 21.7. The van der Waals surface area contributed by atoms with Crippen LogP contribution in [-0.2, 0) is 9.59 Å². The monoisotopic (exact) mass is 453 g/mol. The molecule has 0 saturated carbocycles. The number of hydrogen-bond donors (Lipinski definition) is 1. The molecule has 1 atom stereocenters. The minimum Gasteiger partial charge on any atom is -0.447 e. The predicted molar refractivity (Wildman–Crippen MR) is 119 cm³/mol. The van der Waals surface area contributed by atoms with Gasteiger partial charge in [0.25, 0.3) is 0 Å². The molecule has 0 aliphatic carbocycles. The molecule has 8 nitrogen and oxygen atoms in total. The van der Waals surface area contributed by atoms with Gasteiger partial charge < -0.3 is 10.1 Å². The molecule has 0 bridgehead atoms.